The largest absolute Gasteiger partial charge is 0.477 e. The van der Waals surface area contributed by atoms with Gasteiger partial charge in [-0.05, 0) is 0 Å². The summed E-state index contributed by atoms with van der Waals surface area (Å²) in [6.45, 7) is 0. The second-order valence-corrected chi connectivity index (χ2v) is 3.72. The molecule has 0 aliphatic carbocycles. The predicted molar refractivity (Wildman–Crippen MR) is 45.0 cm³/mol. The van der Waals surface area contributed by atoms with Gasteiger partial charge in [0.1, 0.15) is 4.88 Å². The molecule has 80 valence electrons. The molecule has 8 heteroatoms. The Bertz CT molecular complexity index is 496. The minimum absolute atomic E-state index is 0.0136. The van der Waals surface area contributed by atoms with Gasteiger partial charge < -0.3 is 5.11 Å². The van der Waals surface area contributed by atoms with Gasteiger partial charge in [0.05, 0.1) is 0 Å². The molecule has 0 amide bonds. The number of rotatable bonds is 1. The van der Waals surface area contributed by atoms with Crippen molar-refractivity contribution in [2.75, 3.05) is 0 Å². The molecule has 1 N–H and O–H groups in total. The number of aromatic carboxylic acids is 1. The van der Waals surface area contributed by atoms with Crippen molar-refractivity contribution in [1.82, 2.24) is 9.38 Å². The summed E-state index contributed by atoms with van der Waals surface area (Å²) in [6.07, 6.45) is -2.64. The Labute approximate surface area is 84.6 Å². The Hall–Kier alpha value is -1.57. The Morgan fingerprint density at radius 1 is 1.47 bits per heavy atom. The first-order valence-electron chi connectivity index (χ1n) is 3.67. The van der Waals surface area contributed by atoms with Crippen LogP contribution in [0.15, 0.2) is 12.4 Å². The second-order valence-electron chi connectivity index (χ2n) is 2.71. The quantitative estimate of drug-likeness (QED) is 0.825. The number of nitrogens with zero attached hydrogens (tertiary/aromatic N) is 2. The Balaban J connectivity index is 2.52. The lowest BCUT2D eigenvalue weighted by atomic mass is 10.5. The maximum Gasteiger partial charge on any atom is 0.434 e. The summed E-state index contributed by atoms with van der Waals surface area (Å²) in [5.41, 5.74) is -1.02. The van der Waals surface area contributed by atoms with E-state index in [0.717, 1.165) is 16.8 Å². The van der Waals surface area contributed by atoms with E-state index in [9.17, 15) is 18.0 Å². The molecule has 0 unspecified atom stereocenters. The first kappa shape index (κ1) is 9.97. The highest BCUT2D eigenvalue weighted by molar-refractivity contribution is 7.18. The van der Waals surface area contributed by atoms with E-state index in [1.165, 1.54) is 0 Å². The highest BCUT2D eigenvalue weighted by Gasteiger charge is 2.34. The number of aromatic nitrogens is 2. The molecule has 0 aliphatic heterocycles. The van der Waals surface area contributed by atoms with Gasteiger partial charge in [-0.15, -0.1) is 0 Å². The number of halogens is 3. The Morgan fingerprint density at radius 2 is 2.13 bits per heavy atom. The summed E-state index contributed by atoms with van der Waals surface area (Å²) in [7, 11) is 0. The molecule has 0 aliphatic rings. The number of carboxylic acids is 1. The first-order valence-corrected chi connectivity index (χ1v) is 4.48. The van der Waals surface area contributed by atoms with E-state index in [4.69, 9.17) is 5.11 Å². The summed E-state index contributed by atoms with van der Waals surface area (Å²) in [6, 6.07) is 0. The topological polar surface area (TPSA) is 54.6 Å². The van der Waals surface area contributed by atoms with E-state index in [1.807, 2.05) is 0 Å². The van der Waals surface area contributed by atoms with Gasteiger partial charge in [0.2, 0.25) is 0 Å². The van der Waals surface area contributed by atoms with Gasteiger partial charge in [-0.2, -0.15) is 13.2 Å². The van der Waals surface area contributed by atoms with Crippen molar-refractivity contribution in [2.45, 2.75) is 6.18 Å². The molecule has 4 nitrogen and oxygen atoms in total. The molecule has 0 atom stereocenters. The van der Waals surface area contributed by atoms with E-state index in [1.54, 1.807) is 0 Å². The lowest BCUT2D eigenvalue weighted by Crippen LogP contribution is -2.04. The van der Waals surface area contributed by atoms with Gasteiger partial charge in [0, 0.05) is 12.4 Å². The molecular weight excluding hydrogens is 233 g/mol. The monoisotopic (exact) mass is 236 g/mol. The molecule has 0 spiro atoms. The zero-order valence-corrected chi connectivity index (χ0v) is 7.76. The van der Waals surface area contributed by atoms with Crippen LogP contribution in [0.2, 0.25) is 0 Å². The van der Waals surface area contributed by atoms with E-state index >= 15 is 0 Å². The zero-order valence-electron chi connectivity index (χ0n) is 6.95. The molecule has 0 saturated carbocycles. The van der Waals surface area contributed by atoms with Gasteiger partial charge >= 0.3 is 12.1 Å². The molecule has 0 saturated heterocycles. The van der Waals surface area contributed by atoms with Crippen LogP contribution in [0.4, 0.5) is 13.2 Å². The normalized spacial score (nSPS) is 12.2. The fourth-order valence-corrected chi connectivity index (χ4v) is 1.84. The lowest BCUT2D eigenvalue weighted by molar-refractivity contribution is -0.140. The van der Waals surface area contributed by atoms with Crippen LogP contribution in [-0.4, -0.2) is 20.5 Å². The average molecular weight is 236 g/mol. The number of thiazole rings is 1. The van der Waals surface area contributed by atoms with Crippen molar-refractivity contribution in [3.8, 4) is 0 Å². The van der Waals surface area contributed by atoms with Crippen LogP contribution < -0.4 is 0 Å². The molecule has 0 radical (unpaired) electrons. The van der Waals surface area contributed by atoms with Gasteiger partial charge in [0.25, 0.3) is 0 Å². The molecule has 2 aromatic rings. The Kier molecular flexibility index (Phi) is 1.97. The first-order chi connectivity index (χ1) is 6.88. The van der Waals surface area contributed by atoms with Crippen LogP contribution >= 0.6 is 11.3 Å². The van der Waals surface area contributed by atoms with Crippen LogP contribution in [0.3, 0.4) is 0 Å². The molecule has 15 heavy (non-hydrogen) atoms. The van der Waals surface area contributed by atoms with Gasteiger partial charge in [0.15, 0.2) is 10.7 Å². The molecule has 0 aromatic carbocycles. The fraction of sp³-hybridized carbons (Fsp3) is 0.143. The summed E-state index contributed by atoms with van der Waals surface area (Å²) in [4.78, 5) is 13.7. The molecular formula is C7H3F3N2O2S. The third-order valence-corrected chi connectivity index (χ3v) is 2.64. The molecule has 2 rings (SSSR count). The minimum Gasteiger partial charge on any atom is -0.477 e. The predicted octanol–water partition coefficient (Wildman–Crippen LogP) is 2.11. The number of hydrogen-bond donors (Lipinski definition) is 1. The van der Waals surface area contributed by atoms with Gasteiger partial charge in [-0.1, -0.05) is 11.3 Å². The van der Waals surface area contributed by atoms with Gasteiger partial charge in [-0.3, -0.25) is 4.40 Å². The third-order valence-electron chi connectivity index (χ3n) is 1.66. The highest BCUT2D eigenvalue weighted by atomic mass is 32.1. The number of carbonyl (C=O) groups is 1. The average Bonchev–Trinajstić information content (AvgIpc) is 2.55. The van der Waals surface area contributed by atoms with Crippen molar-refractivity contribution < 1.29 is 23.1 Å². The summed E-state index contributed by atoms with van der Waals surface area (Å²) >= 11 is 0.695. The minimum atomic E-state index is -4.50. The van der Waals surface area contributed by atoms with Crippen molar-refractivity contribution in [3.63, 3.8) is 0 Å². The van der Waals surface area contributed by atoms with Crippen molar-refractivity contribution >= 4 is 22.3 Å². The number of imidazole rings is 1. The van der Waals surface area contributed by atoms with Crippen LogP contribution in [0.1, 0.15) is 15.4 Å². The lowest BCUT2D eigenvalue weighted by Gasteiger charge is -1.98. The number of fused-ring (bicyclic) bond motifs is 1. The van der Waals surface area contributed by atoms with Crippen molar-refractivity contribution in [3.05, 3.63) is 23.0 Å². The maximum absolute atomic E-state index is 12.2. The number of carboxylic acid groups (broad SMARTS) is 1. The van der Waals surface area contributed by atoms with E-state index in [-0.39, 0.29) is 9.84 Å². The summed E-state index contributed by atoms with van der Waals surface area (Å²) < 4.78 is 37.6. The van der Waals surface area contributed by atoms with Gasteiger partial charge in [-0.25, -0.2) is 9.78 Å². The fourth-order valence-electron chi connectivity index (χ4n) is 1.03. The Morgan fingerprint density at radius 3 is 2.60 bits per heavy atom. The third kappa shape index (κ3) is 1.67. The standard InChI is InChI=1S/C7H3F3N2O2S/c8-7(9,10)4-2-12-1-3(5(13)14)15-6(12)11-4/h1-2H,(H,13,14). The second kappa shape index (κ2) is 2.96. The number of hydrogen-bond acceptors (Lipinski definition) is 3. The molecule has 2 heterocycles. The molecule has 2 aromatic heterocycles. The van der Waals surface area contributed by atoms with E-state index < -0.39 is 17.8 Å². The molecule has 0 bridgehead atoms. The van der Waals surface area contributed by atoms with E-state index in [2.05, 4.69) is 4.98 Å². The number of alkyl halides is 3. The zero-order chi connectivity index (χ0) is 11.2. The maximum atomic E-state index is 12.2. The van der Waals surface area contributed by atoms with Crippen LogP contribution in [0.25, 0.3) is 4.96 Å². The van der Waals surface area contributed by atoms with Crippen LogP contribution in [0, 0.1) is 0 Å². The van der Waals surface area contributed by atoms with Crippen LogP contribution in [0.5, 0.6) is 0 Å². The van der Waals surface area contributed by atoms with E-state index in [0.29, 0.717) is 11.3 Å². The SMILES string of the molecule is O=C(O)c1cn2cc(C(F)(F)F)nc2s1. The summed E-state index contributed by atoms with van der Waals surface area (Å²) in [5, 5.41) is 8.58. The smallest absolute Gasteiger partial charge is 0.434 e. The van der Waals surface area contributed by atoms with Crippen molar-refractivity contribution in [1.29, 1.82) is 0 Å². The molecule has 0 fully saturated rings. The van der Waals surface area contributed by atoms with Crippen molar-refractivity contribution in [2.24, 2.45) is 0 Å². The van der Waals surface area contributed by atoms with Crippen LogP contribution in [-0.2, 0) is 6.18 Å². The highest BCUT2D eigenvalue weighted by Crippen LogP contribution is 2.30. The summed E-state index contributed by atoms with van der Waals surface area (Å²) in [5.74, 6) is -1.18.